The van der Waals surface area contributed by atoms with Gasteiger partial charge in [-0.05, 0) is 102 Å². The Bertz CT molecular complexity index is 3450. The Labute approximate surface area is 366 Å². The van der Waals surface area contributed by atoms with Crippen LogP contribution in [0.3, 0.4) is 0 Å². The van der Waals surface area contributed by atoms with E-state index in [1.165, 1.54) is 44.2 Å². The molecule has 0 saturated heterocycles. The second-order valence-electron chi connectivity index (χ2n) is 16.3. The lowest BCUT2D eigenvalue weighted by Gasteiger charge is -2.35. The van der Waals surface area contributed by atoms with Crippen LogP contribution >= 0.6 is 0 Å². The highest BCUT2D eigenvalue weighted by Crippen LogP contribution is 2.59. The van der Waals surface area contributed by atoms with Crippen LogP contribution in [0.5, 0.6) is 0 Å². The smallest absolute Gasteiger partial charge is 0.161 e. The van der Waals surface area contributed by atoms with E-state index in [0.717, 1.165) is 61.1 Å². The highest BCUT2D eigenvalue weighted by molar-refractivity contribution is 6.06. The van der Waals surface area contributed by atoms with Gasteiger partial charge in [-0.25, -0.2) is 9.97 Å². The lowest BCUT2D eigenvalue weighted by Crippen LogP contribution is -2.28. The molecule has 1 aliphatic rings. The van der Waals surface area contributed by atoms with Crippen molar-refractivity contribution < 1.29 is 0 Å². The van der Waals surface area contributed by atoms with E-state index in [4.69, 9.17) is 9.97 Å². The summed E-state index contributed by atoms with van der Waals surface area (Å²) in [5.41, 5.74) is 16.4. The summed E-state index contributed by atoms with van der Waals surface area (Å²) >= 11 is 0. The predicted molar refractivity (Wildman–Crippen MR) is 259 cm³/mol. The van der Waals surface area contributed by atoms with Gasteiger partial charge in [-0.1, -0.05) is 194 Å². The topological polar surface area (TPSA) is 38.7 Å². The van der Waals surface area contributed by atoms with E-state index in [9.17, 15) is 0 Å². The minimum absolute atomic E-state index is 0.545. The molecule has 0 aliphatic heterocycles. The summed E-state index contributed by atoms with van der Waals surface area (Å²) in [6, 6.07) is 81.0. The third-order valence-corrected chi connectivity index (χ3v) is 12.9. The quantitative estimate of drug-likeness (QED) is 0.161. The summed E-state index contributed by atoms with van der Waals surface area (Å²) in [5, 5.41) is 4.76. The molecule has 0 fully saturated rings. The molecule has 0 N–H and O–H groups in total. The van der Waals surface area contributed by atoms with Gasteiger partial charge in [0.05, 0.1) is 16.8 Å². The molecule has 12 rings (SSSR count). The minimum Gasteiger partial charge on any atom is -0.264 e. The summed E-state index contributed by atoms with van der Waals surface area (Å²) in [4.78, 5) is 15.0. The normalized spacial score (nSPS) is 12.6. The number of benzene rings is 9. The highest BCUT2D eigenvalue weighted by atomic mass is 14.9. The van der Waals surface area contributed by atoms with Crippen molar-refractivity contribution in [3.63, 3.8) is 0 Å². The van der Waals surface area contributed by atoms with Crippen molar-refractivity contribution in [3.05, 3.63) is 259 Å². The first-order chi connectivity index (χ1) is 31.2. The Morgan fingerprint density at radius 3 is 1.63 bits per heavy atom. The van der Waals surface area contributed by atoms with Crippen LogP contribution in [0.1, 0.15) is 22.3 Å². The van der Waals surface area contributed by atoms with Gasteiger partial charge < -0.3 is 0 Å². The number of fused-ring (bicyclic) bond motifs is 6. The second-order valence-corrected chi connectivity index (χ2v) is 16.3. The molecule has 0 amide bonds. The maximum absolute atomic E-state index is 5.34. The molecule has 0 saturated carbocycles. The number of rotatable bonds is 7. The van der Waals surface area contributed by atoms with Crippen LogP contribution < -0.4 is 0 Å². The van der Waals surface area contributed by atoms with Crippen LogP contribution in [0.4, 0.5) is 0 Å². The molecule has 2 aromatic heterocycles. The van der Waals surface area contributed by atoms with Crippen molar-refractivity contribution >= 4 is 21.5 Å². The standard InChI is InChI=1S/C60H39N3/c1-4-17-41(18-5-1)56-38-57(44-20-14-19-42(36-44)45-21-15-35-61-39-45)63-59(62-56)54-34-33-48(50-27-12-13-28-51(50)54)43-30-31-52-53-32-29-40-16-10-11-26-49(40)58(53)60(55(52)37-43,46-22-6-2-7-23-46)47-24-8-3-9-25-47/h1-39H. The Kier molecular flexibility index (Phi) is 8.72. The van der Waals surface area contributed by atoms with Crippen molar-refractivity contribution in [2.45, 2.75) is 5.41 Å². The SMILES string of the molecule is c1ccc(-c2cc(-c3cccc(-c4cccnc4)c3)nc(-c3ccc(-c4ccc5c(c4)C(c4ccccc4)(c4ccccc4)c4c-5ccc5ccccc45)c4ccccc34)n2)cc1. The van der Waals surface area contributed by atoms with E-state index in [2.05, 4.69) is 217 Å². The molecule has 3 heteroatoms. The molecular weight excluding hydrogens is 763 g/mol. The zero-order chi connectivity index (χ0) is 41.7. The van der Waals surface area contributed by atoms with E-state index in [0.29, 0.717) is 5.82 Å². The second kappa shape index (κ2) is 15.0. The van der Waals surface area contributed by atoms with Crippen molar-refractivity contribution in [1.29, 1.82) is 0 Å². The fourth-order valence-electron chi connectivity index (χ4n) is 10.0. The van der Waals surface area contributed by atoms with E-state index < -0.39 is 5.41 Å². The average Bonchev–Trinajstić information content (AvgIpc) is 3.68. The maximum atomic E-state index is 5.34. The van der Waals surface area contributed by atoms with Gasteiger partial charge in [-0.2, -0.15) is 0 Å². The lowest BCUT2D eigenvalue weighted by atomic mass is 9.66. The largest absolute Gasteiger partial charge is 0.264 e. The van der Waals surface area contributed by atoms with Crippen molar-refractivity contribution in [1.82, 2.24) is 15.0 Å². The van der Waals surface area contributed by atoms with E-state index >= 15 is 0 Å². The zero-order valence-corrected chi connectivity index (χ0v) is 34.4. The molecule has 9 aromatic carbocycles. The maximum Gasteiger partial charge on any atom is 0.161 e. The van der Waals surface area contributed by atoms with Crippen LogP contribution in [0.25, 0.3) is 88.8 Å². The molecule has 0 bridgehead atoms. The minimum atomic E-state index is -0.545. The Hall–Kier alpha value is -8.27. The molecular formula is C60H39N3. The van der Waals surface area contributed by atoms with Gasteiger partial charge >= 0.3 is 0 Å². The lowest BCUT2D eigenvalue weighted by molar-refractivity contribution is 0.776. The first kappa shape index (κ1) is 36.6. The van der Waals surface area contributed by atoms with Gasteiger partial charge in [0.1, 0.15) is 0 Å². The van der Waals surface area contributed by atoms with E-state index in [1.807, 2.05) is 18.3 Å². The van der Waals surface area contributed by atoms with E-state index in [-0.39, 0.29) is 0 Å². The molecule has 11 aromatic rings. The molecule has 294 valence electrons. The third kappa shape index (κ3) is 6.01. The molecule has 0 unspecified atom stereocenters. The molecule has 63 heavy (non-hydrogen) atoms. The van der Waals surface area contributed by atoms with Crippen molar-refractivity contribution in [2.24, 2.45) is 0 Å². The fourth-order valence-corrected chi connectivity index (χ4v) is 10.0. The van der Waals surface area contributed by atoms with Crippen LogP contribution in [0, 0.1) is 0 Å². The summed E-state index contributed by atoms with van der Waals surface area (Å²) in [7, 11) is 0. The summed E-state index contributed by atoms with van der Waals surface area (Å²) in [5.74, 6) is 0.685. The Morgan fingerprint density at radius 1 is 0.333 bits per heavy atom. The number of aromatic nitrogens is 3. The van der Waals surface area contributed by atoms with Crippen LogP contribution in [0.15, 0.2) is 237 Å². The molecule has 2 heterocycles. The summed E-state index contributed by atoms with van der Waals surface area (Å²) in [6.45, 7) is 0. The zero-order valence-electron chi connectivity index (χ0n) is 34.4. The van der Waals surface area contributed by atoms with Crippen molar-refractivity contribution in [2.75, 3.05) is 0 Å². The molecule has 0 atom stereocenters. The van der Waals surface area contributed by atoms with Gasteiger partial charge in [-0.3, -0.25) is 4.98 Å². The molecule has 3 nitrogen and oxygen atoms in total. The van der Waals surface area contributed by atoms with Gasteiger partial charge in [0, 0.05) is 34.6 Å². The first-order valence-electron chi connectivity index (χ1n) is 21.5. The monoisotopic (exact) mass is 801 g/mol. The summed E-state index contributed by atoms with van der Waals surface area (Å²) < 4.78 is 0. The van der Waals surface area contributed by atoms with Gasteiger partial charge in [0.2, 0.25) is 0 Å². The fraction of sp³-hybridized carbons (Fsp3) is 0.0167. The number of hydrogen-bond acceptors (Lipinski definition) is 3. The Morgan fingerprint density at radius 2 is 0.905 bits per heavy atom. The number of nitrogens with zero attached hydrogens (tertiary/aromatic N) is 3. The van der Waals surface area contributed by atoms with Gasteiger partial charge in [0.15, 0.2) is 5.82 Å². The van der Waals surface area contributed by atoms with Gasteiger partial charge in [-0.15, -0.1) is 0 Å². The van der Waals surface area contributed by atoms with Crippen LogP contribution in [0.2, 0.25) is 0 Å². The van der Waals surface area contributed by atoms with E-state index in [1.54, 1.807) is 6.20 Å². The third-order valence-electron chi connectivity index (χ3n) is 12.9. The van der Waals surface area contributed by atoms with Crippen LogP contribution in [-0.2, 0) is 5.41 Å². The predicted octanol–water partition coefficient (Wildman–Crippen LogP) is 14.9. The highest BCUT2D eigenvalue weighted by Gasteiger charge is 2.47. The molecule has 0 radical (unpaired) electrons. The number of hydrogen-bond donors (Lipinski definition) is 0. The summed E-state index contributed by atoms with van der Waals surface area (Å²) in [6.07, 6.45) is 3.71. The number of pyridine rings is 1. The molecule has 1 aliphatic carbocycles. The van der Waals surface area contributed by atoms with Gasteiger partial charge in [0.25, 0.3) is 0 Å². The molecule has 0 spiro atoms. The van der Waals surface area contributed by atoms with Crippen molar-refractivity contribution in [3.8, 4) is 67.3 Å². The average molecular weight is 802 g/mol. The Balaban J connectivity index is 1.06. The first-order valence-corrected chi connectivity index (χ1v) is 21.5. The van der Waals surface area contributed by atoms with Crippen LogP contribution in [-0.4, -0.2) is 15.0 Å².